The van der Waals surface area contributed by atoms with Gasteiger partial charge in [0.15, 0.2) is 0 Å². The summed E-state index contributed by atoms with van der Waals surface area (Å²) < 4.78 is 10.7. The van der Waals surface area contributed by atoms with E-state index in [-0.39, 0.29) is 12.2 Å². The minimum absolute atomic E-state index is 0.0972. The van der Waals surface area contributed by atoms with Gasteiger partial charge in [-0.1, -0.05) is 27.7 Å². The molecular weight excluding hydrogens is 222 g/mol. The Morgan fingerprint density at radius 1 is 0.929 bits per heavy atom. The van der Waals surface area contributed by atoms with Crippen LogP contribution >= 0.6 is 23.2 Å². The maximum atomic E-state index is 5.74. The van der Waals surface area contributed by atoms with Crippen molar-refractivity contribution in [3.8, 4) is 0 Å². The highest BCUT2D eigenvalue weighted by atomic mass is 35.5. The van der Waals surface area contributed by atoms with Crippen LogP contribution in [0.1, 0.15) is 27.7 Å². The van der Waals surface area contributed by atoms with E-state index in [9.17, 15) is 0 Å². The highest BCUT2D eigenvalue weighted by Crippen LogP contribution is 2.30. The molecule has 1 rings (SSSR count). The van der Waals surface area contributed by atoms with E-state index >= 15 is 0 Å². The van der Waals surface area contributed by atoms with E-state index in [1.165, 1.54) is 0 Å². The van der Waals surface area contributed by atoms with Crippen molar-refractivity contribution in [2.24, 2.45) is 11.8 Å². The summed E-state index contributed by atoms with van der Waals surface area (Å²) in [5.41, 5.74) is 0. The van der Waals surface area contributed by atoms with Crippen molar-refractivity contribution in [2.45, 2.75) is 44.6 Å². The van der Waals surface area contributed by atoms with Crippen molar-refractivity contribution < 1.29 is 9.31 Å². The van der Waals surface area contributed by atoms with Gasteiger partial charge in [-0.15, -0.1) is 23.2 Å². The smallest absolute Gasteiger partial charge is 0.404 e. The summed E-state index contributed by atoms with van der Waals surface area (Å²) in [4.78, 5) is 0. The fourth-order valence-corrected chi connectivity index (χ4v) is 1.93. The number of hydrogen-bond acceptors (Lipinski definition) is 2. The third kappa shape index (κ3) is 2.78. The van der Waals surface area contributed by atoms with Crippen LogP contribution in [0.2, 0.25) is 0 Å². The van der Waals surface area contributed by atoms with Gasteiger partial charge in [0.1, 0.15) is 4.74 Å². The van der Waals surface area contributed by atoms with E-state index < -0.39 is 11.9 Å². The molecule has 0 spiro atoms. The molecule has 0 amide bonds. The first kappa shape index (κ1) is 12.6. The van der Waals surface area contributed by atoms with E-state index in [0.717, 1.165) is 0 Å². The Kier molecular flexibility index (Phi) is 4.57. The van der Waals surface area contributed by atoms with Crippen LogP contribution in [0.5, 0.6) is 0 Å². The molecule has 1 fully saturated rings. The van der Waals surface area contributed by atoms with E-state index in [1.54, 1.807) is 0 Å². The summed E-state index contributed by atoms with van der Waals surface area (Å²) in [6.07, 6.45) is 0.194. The van der Waals surface area contributed by atoms with Crippen molar-refractivity contribution in [1.29, 1.82) is 0 Å². The average Bonchev–Trinajstić information content (AvgIpc) is 2.47. The van der Waals surface area contributed by atoms with Gasteiger partial charge in [-0.25, -0.2) is 0 Å². The maximum Gasteiger partial charge on any atom is 0.492 e. The highest BCUT2D eigenvalue weighted by Gasteiger charge is 2.45. The molecule has 1 saturated heterocycles. The van der Waals surface area contributed by atoms with Crippen molar-refractivity contribution in [1.82, 2.24) is 0 Å². The fraction of sp³-hybridized carbons (Fsp3) is 1.00. The second kappa shape index (κ2) is 5.06. The van der Waals surface area contributed by atoms with Crippen molar-refractivity contribution >= 4 is 30.3 Å². The van der Waals surface area contributed by atoms with Crippen LogP contribution < -0.4 is 0 Å². The molecule has 14 heavy (non-hydrogen) atoms. The molecular formula is C9H17BCl2O2. The molecule has 0 bridgehead atoms. The zero-order valence-electron chi connectivity index (χ0n) is 9.04. The number of alkyl halides is 2. The molecule has 82 valence electrons. The number of rotatable bonds is 3. The lowest BCUT2D eigenvalue weighted by molar-refractivity contribution is 0.0815. The predicted molar refractivity (Wildman–Crippen MR) is 60.7 cm³/mol. The summed E-state index contributed by atoms with van der Waals surface area (Å²) in [7, 11) is -0.474. The Hall–Kier alpha value is 0.565. The van der Waals surface area contributed by atoms with Gasteiger partial charge in [0.2, 0.25) is 0 Å². The second-order valence-corrected chi connectivity index (χ2v) is 5.56. The second-order valence-electron chi connectivity index (χ2n) is 4.39. The van der Waals surface area contributed by atoms with Gasteiger partial charge in [-0.3, -0.25) is 0 Å². The van der Waals surface area contributed by atoms with Crippen LogP contribution in [-0.2, 0) is 9.31 Å². The average molecular weight is 239 g/mol. The summed E-state index contributed by atoms with van der Waals surface area (Å²) in [5.74, 6) is 0.832. The van der Waals surface area contributed by atoms with Crippen LogP contribution in [0.25, 0.3) is 0 Å². The maximum absolute atomic E-state index is 5.74. The van der Waals surface area contributed by atoms with E-state index in [1.807, 2.05) is 0 Å². The zero-order chi connectivity index (χ0) is 10.9. The molecule has 0 saturated carbocycles. The minimum Gasteiger partial charge on any atom is -0.404 e. The van der Waals surface area contributed by atoms with Gasteiger partial charge in [0.25, 0.3) is 0 Å². The molecule has 0 aromatic heterocycles. The van der Waals surface area contributed by atoms with Crippen molar-refractivity contribution in [3.05, 3.63) is 0 Å². The minimum atomic E-state index is -0.611. The van der Waals surface area contributed by atoms with Gasteiger partial charge in [0, 0.05) is 0 Å². The Balaban J connectivity index is 2.65. The van der Waals surface area contributed by atoms with Crippen LogP contribution in [0.3, 0.4) is 0 Å². The Bertz CT molecular complexity index is 172. The SMILES string of the molecule is CC(C)[C@@H]1OB(C(Cl)Cl)O[C@H]1C(C)C. The number of hydrogen-bond donors (Lipinski definition) is 0. The van der Waals surface area contributed by atoms with Gasteiger partial charge < -0.3 is 9.31 Å². The molecule has 2 atom stereocenters. The largest absolute Gasteiger partial charge is 0.492 e. The quantitative estimate of drug-likeness (QED) is 0.556. The summed E-state index contributed by atoms with van der Waals surface area (Å²) in [5, 5.41) is 0. The van der Waals surface area contributed by atoms with E-state index in [2.05, 4.69) is 27.7 Å². The first-order valence-corrected chi connectivity index (χ1v) is 5.89. The Labute approximate surface area is 96.4 Å². The van der Waals surface area contributed by atoms with Gasteiger partial charge in [-0.05, 0) is 11.8 Å². The third-order valence-corrected chi connectivity index (χ3v) is 2.84. The van der Waals surface area contributed by atoms with Crippen molar-refractivity contribution in [2.75, 3.05) is 0 Å². The van der Waals surface area contributed by atoms with Gasteiger partial charge in [0.05, 0.1) is 12.2 Å². The summed E-state index contributed by atoms with van der Waals surface area (Å²) >= 11 is 11.5. The molecule has 1 aliphatic heterocycles. The lowest BCUT2D eigenvalue weighted by Crippen LogP contribution is -2.31. The molecule has 1 heterocycles. The molecule has 0 aromatic rings. The lowest BCUT2D eigenvalue weighted by Gasteiger charge is -2.24. The van der Waals surface area contributed by atoms with E-state index in [4.69, 9.17) is 32.5 Å². The van der Waals surface area contributed by atoms with Crippen LogP contribution in [0, 0.1) is 11.8 Å². The third-order valence-electron chi connectivity index (χ3n) is 2.43. The molecule has 0 radical (unpaired) electrons. The molecule has 0 N–H and O–H groups in total. The lowest BCUT2D eigenvalue weighted by atomic mass is 9.94. The molecule has 2 nitrogen and oxygen atoms in total. The van der Waals surface area contributed by atoms with Crippen LogP contribution in [-0.4, -0.2) is 24.1 Å². The standard InChI is InChI=1S/C9H17BCl2O2/c1-5(2)7-8(6(3)4)14-10(13-7)9(11)12/h5-9H,1-4H3/t7-,8-/m0/s1. The Morgan fingerprint density at radius 2 is 1.29 bits per heavy atom. The Morgan fingerprint density at radius 3 is 1.50 bits per heavy atom. The van der Waals surface area contributed by atoms with E-state index in [0.29, 0.717) is 11.8 Å². The highest BCUT2D eigenvalue weighted by molar-refractivity contribution is 6.73. The first-order chi connectivity index (χ1) is 6.43. The summed E-state index contributed by atoms with van der Waals surface area (Å²) in [6.45, 7) is 8.46. The topological polar surface area (TPSA) is 18.5 Å². The van der Waals surface area contributed by atoms with Crippen LogP contribution in [0.15, 0.2) is 0 Å². The molecule has 0 unspecified atom stereocenters. The van der Waals surface area contributed by atoms with Crippen LogP contribution in [0.4, 0.5) is 0 Å². The molecule has 0 aromatic carbocycles. The first-order valence-electron chi connectivity index (χ1n) is 5.02. The van der Waals surface area contributed by atoms with Gasteiger partial charge >= 0.3 is 7.12 Å². The zero-order valence-corrected chi connectivity index (χ0v) is 10.5. The summed E-state index contributed by atoms with van der Waals surface area (Å²) in [6, 6.07) is 0. The van der Waals surface area contributed by atoms with Gasteiger partial charge in [-0.2, -0.15) is 0 Å². The normalized spacial score (nSPS) is 28.5. The predicted octanol–water partition coefficient (Wildman–Crippen LogP) is 2.91. The number of halogens is 2. The fourth-order valence-electron chi connectivity index (χ4n) is 1.69. The molecule has 0 aliphatic carbocycles. The molecule has 1 aliphatic rings. The monoisotopic (exact) mass is 238 g/mol. The van der Waals surface area contributed by atoms with Crippen molar-refractivity contribution in [3.63, 3.8) is 0 Å². The molecule has 5 heteroatoms.